The van der Waals surface area contributed by atoms with Gasteiger partial charge in [0, 0.05) is 13.2 Å². The summed E-state index contributed by atoms with van der Waals surface area (Å²) >= 11 is 0. The van der Waals surface area contributed by atoms with E-state index in [0.717, 1.165) is 32.5 Å². The molecular formula is C16H30O2. The molecule has 0 aromatic heterocycles. The second kappa shape index (κ2) is 6.38. The average Bonchev–Trinajstić information content (AvgIpc) is 2.79. The molecule has 1 aliphatic carbocycles. The first kappa shape index (κ1) is 14.3. The summed E-state index contributed by atoms with van der Waals surface area (Å²) in [5, 5.41) is 10.8. The van der Waals surface area contributed by atoms with Crippen molar-refractivity contribution in [2.75, 3.05) is 13.2 Å². The molecule has 1 heterocycles. The van der Waals surface area contributed by atoms with Crippen molar-refractivity contribution in [3.63, 3.8) is 0 Å². The average molecular weight is 254 g/mol. The molecule has 0 amide bonds. The minimum atomic E-state index is -0.0782. The lowest BCUT2D eigenvalue weighted by molar-refractivity contribution is -0.0213. The largest absolute Gasteiger partial charge is 0.393 e. The van der Waals surface area contributed by atoms with E-state index in [-0.39, 0.29) is 11.5 Å². The van der Waals surface area contributed by atoms with Gasteiger partial charge in [-0.15, -0.1) is 0 Å². The lowest BCUT2D eigenvalue weighted by Gasteiger charge is -2.38. The highest BCUT2D eigenvalue weighted by Crippen LogP contribution is 2.47. The molecule has 2 nitrogen and oxygen atoms in total. The Kier molecular flexibility index (Phi) is 5.08. The van der Waals surface area contributed by atoms with Gasteiger partial charge in [0.25, 0.3) is 0 Å². The normalized spacial score (nSPS) is 26.7. The zero-order valence-corrected chi connectivity index (χ0v) is 12.2. The summed E-state index contributed by atoms with van der Waals surface area (Å²) in [7, 11) is 0. The molecule has 2 heteroatoms. The van der Waals surface area contributed by atoms with Crippen LogP contribution in [-0.4, -0.2) is 24.4 Å². The molecule has 1 unspecified atom stereocenters. The number of hydrogen-bond acceptors (Lipinski definition) is 2. The Bertz CT molecular complexity index is 237. The molecule has 0 radical (unpaired) electrons. The van der Waals surface area contributed by atoms with E-state index in [2.05, 4.69) is 13.8 Å². The third-order valence-electron chi connectivity index (χ3n) is 5.02. The molecular weight excluding hydrogens is 224 g/mol. The molecule has 1 aliphatic heterocycles. The van der Waals surface area contributed by atoms with Gasteiger partial charge in [0.2, 0.25) is 0 Å². The molecule has 2 aliphatic rings. The van der Waals surface area contributed by atoms with Crippen LogP contribution in [-0.2, 0) is 4.74 Å². The summed E-state index contributed by atoms with van der Waals surface area (Å²) in [5.41, 5.74) is 0.243. The van der Waals surface area contributed by atoms with Crippen LogP contribution in [0.4, 0.5) is 0 Å². The standard InChI is InChI=1S/C16H30O2/c1-13(2)12-16(7-3-4-8-16)15(17)11-14-5-9-18-10-6-14/h13-15,17H,3-12H2,1-2H3. The van der Waals surface area contributed by atoms with Gasteiger partial charge < -0.3 is 9.84 Å². The van der Waals surface area contributed by atoms with Crippen LogP contribution in [0.2, 0.25) is 0 Å². The first-order chi connectivity index (χ1) is 8.62. The van der Waals surface area contributed by atoms with Gasteiger partial charge in [-0.2, -0.15) is 0 Å². The minimum absolute atomic E-state index is 0.0782. The molecule has 1 atom stereocenters. The number of aliphatic hydroxyl groups excluding tert-OH is 1. The highest BCUT2D eigenvalue weighted by atomic mass is 16.5. The molecule has 0 aromatic carbocycles. The quantitative estimate of drug-likeness (QED) is 0.809. The van der Waals surface area contributed by atoms with Crippen LogP contribution in [0, 0.1) is 17.3 Å². The Balaban J connectivity index is 1.92. The second-order valence-corrected chi connectivity index (χ2v) is 6.97. The summed E-state index contributed by atoms with van der Waals surface area (Å²) in [4.78, 5) is 0. The zero-order valence-electron chi connectivity index (χ0n) is 12.2. The van der Waals surface area contributed by atoms with Crippen molar-refractivity contribution < 1.29 is 9.84 Å². The predicted octanol–water partition coefficient (Wildman–Crippen LogP) is 3.77. The van der Waals surface area contributed by atoms with Gasteiger partial charge in [-0.25, -0.2) is 0 Å². The molecule has 1 saturated heterocycles. The summed E-state index contributed by atoms with van der Waals surface area (Å²) in [6, 6.07) is 0. The summed E-state index contributed by atoms with van der Waals surface area (Å²) in [6.07, 6.45) is 9.56. The molecule has 18 heavy (non-hydrogen) atoms. The topological polar surface area (TPSA) is 29.5 Å². The molecule has 0 aromatic rings. The Morgan fingerprint density at radius 1 is 1.17 bits per heavy atom. The van der Waals surface area contributed by atoms with Crippen molar-refractivity contribution in [3.8, 4) is 0 Å². The number of aliphatic hydroxyl groups is 1. The maximum absolute atomic E-state index is 10.8. The zero-order chi connectivity index (χ0) is 13.0. The first-order valence-electron chi connectivity index (χ1n) is 7.88. The van der Waals surface area contributed by atoms with Gasteiger partial charge in [-0.05, 0) is 55.8 Å². The van der Waals surface area contributed by atoms with Crippen LogP contribution in [0.25, 0.3) is 0 Å². The van der Waals surface area contributed by atoms with Crippen LogP contribution < -0.4 is 0 Å². The summed E-state index contributed by atoms with van der Waals surface area (Å²) in [6.45, 7) is 6.38. The van der Waals surface area contributed by atoms with Gasteiger partial charge in [0.15, 0.2) is 0 Å². The molecule has 0 spiro atoms. The van der Waals surface area contributed by atoms with Crippen molar-refractivity contribution in [1.29, 1.82) is 0 Å². The Morgan fingerprint density at radius 2 is 1.78 bits per heavy atom. The smallest absolute Gasteiger partial charge is 0.0599 e. The third kappa shape index (κ3) is 3.48. The van der Waals surface area contributed by atoms with E-state index in [0.29, 0.717) is 11.8 Å². The maximum Gasteiger partial charge on any atom is 0.0599 e. The highest BCUT2D eigenvalue weighted by Gasteiger charge is 2.41. The van der Waals surface area contributed by atoms with Gasteiger partial charge in [0.05, 0.1) is 6.10 Å². The number of ether oxygens (including phenoxy) is 1. The molecule has 1 saturated carbocycles. The van der Waals surface area contributed by atoms with Crippen LogP contribution >= 0.6 is 0 Å². The van der Waals surface area contributed by atoms with Crippen molar-refractivity contribution in [2.45, 2.75) is 71.3 Å². The summed E-state index contributed by atoms with van der Waals surface area (Å²) < 4.78 is 5.41. The van der Waals surface area contributed by atoms with E-state index < -0.39 is 0 Å². The SMILES string of the molecule is CC(C)CC1(C(O)CC2CCOCC2)CCCC1. The minimum Gasteiger partial charge on any atom is -0.393 e. The third-order valence-corrected chi connectivity index (χ3v) is 5.02. The van der Waals surface area contributed by atoms with E-state index in [1.807, 2.05) is 0 Å². The van der Waals surface area contributed by atoms with Crippen molar-refractivity contribution in [2.24, 2.45) is 17.3 Å². The van der Waals surface area contributed by atoms with Gasteiger partial charge in [-0.3, -0.25) is 0 Å². The van der Waals surface area contributed by atoms with Crippen LogP contribution in [0.5, 0.6) is 0 Å². The number of hydrogen-bond donors (Lipinski definition) is 1. The van der Waals surface area contributed by atoms with E-state index in [9.17, 15) is 5.11 Å². The predicted molar refractivity (Wildman–Crippen MR) is 74.5 cm³/mol. The van der Waals surface area contributed by atoms with E-state index in [1.54, 1.807) is 0 Å². The second-order valence-electron chi connectivity index (χ2n) is 6.97. The van der Waals surface area contributed by atoms with E-state index >= 15 is 0 Å². The van der Waals surface area contributed by atoms with Gasteiger partial charge in [-0.1, -0.05) is 26.7 Å². The number of rotatable bonds is 5. The Hall–Kier alpha value is -0.0800. The van der Waals surface area contributed by atoms with E-state index in [1.165, 1.54) is 32.1 Å². The maximum atomic E-state index is 10.8. The van der Waals surface area contributed by atoms with Crippen LogP contribution in [0.3, 0.4) is 0 Å². The van der Waals surface area contributed by atoms with Crippen molar-refractivity contribution in [1.82, 2.24) is 0 Å². The monoisotopic (exact) mass is 254 g/mol. The fourth-order valence-corrected chi connectivity index (χ4v) is 4.11. The molecule has 2 fully saturated rings. The highest BCUT2D eigenvalue weighted by molar-refractivity contribution is 4.92. The van der Waals surface area contributed by atoms with Crippen molar-refractivity contribution >= 4 is 0 Å². The molecule has 2 rings (SSSR count). The van der Waals surface area contributed by atoms with Crippen LogP contribution in [0.15, 0.2) is 0 Å². The first-order valence-corrected chi connectivity index (χ1v) is 7.88. The van der Waals surface area contributed by atoms with Gasteiger partial charge in [0.1, 0.15) is 0 Å². The van der Waals surface area contributed by atoms with Crippen LogP contribution in [0.1, 0.15) is 65.2 Å². The van der Waals surface area contributed by atoms with E-state index in [4.69, 9.17) is 4.74 Å². The Labute approximate surface area is 112 Å². The lowest BCUT2D eigenvalue weighted by atomic mass is 9.71. The lowest BCUT2D eigenvalue weighted by Crippen LogP contribution is -2.36. The van der Waals surface area contributed by atoms with Gasteiger partial charge >= 0.3 is 0 Å². The Morgan fingerprint density at radius 3 is 2.33 bits per heavy atom. The fraction of sp³-hybridized carbons (Fsp3) is 1.00. The molecule has 0 bridgehead atoms. The summed E-state index contributed by atoms with van der Waals surface area (Å²) in [5.74, 6) is 1.39. The van der Waals surface area contributed by atoms with Crippen molar-refractivity contribution in [3.05, 3.63) is 0 Å². The molecule has 106 valence electrons. The fourth-order valence-electron chi connectivity index (χ4n) is 4.11. The molecule has 1 N–H and O–H groups in total.